The number of thioether (sulfide) groups is 1. The first kappa shape index (κ1) is 22.9. The molecule has 6 nitrogen and oxygen atoms in total. The van der Waals surface area contributed by atoms with Crippen LogP contribution < -0.4 is 5.32 Å². The van der Waals surface area contributed by atoms with E-state index in [0.717, 1.165) is 40.5 Å². The van der Waals surface area contributed by atoms with Crippen LogP contribution in [-0.2, 0) is 20.7 Å². The monoisotopic (exact) mass is 415 g/mol. The Labute approximate surface area is 176 Å². The second-order valence-electron chi connectivity index (χ2n) is 6.84. The van der Waals surface area contributed by atoms with Crippen molar-refractivity contribution in [3.63, 3.8) is 0 Å². The van der Waals surface area contributed by atoms with Gasteiger partial charge in [0, 0.05) is 17.8 Å². The van der Waals surface area contributed by atoms with Gasteiger partial charge in [-0.1, -0.05) is 55.4 Å². The van der Waals surface area contributed by atoms with Crippen molar-refractivity contribution in [2.75, 3.05) is 12.9 Å². The van der Waals surface area contributed by atoms with Gasteiger partial charge in [-0.25, -0.2) is 9.97 Å². The van der Waals surface area contributed by atoms with Gasteiger partial charge in [0.1, 0.15) is 0 Å². The van der Waals surface area contributed by atoms with Crippen LogP contribution in [0.2, 0.25) is 0 Å². The van der Waals surface area contributed by atoms with Gasteiger partial charge < -0.3 is 10.1 Å². The van der Waals surface area contributed by atoms with Crippen molar-refractivity contribution in [2.45, 2.75) is 57.7 Å². The van der Waals surface area contributed by atoms with Gasteiger partial charge in [-0.3, -0.25) is 9.59 Å². The van der Waals surface area contributed by atoms with Gasteiger partial charge in [-0.15, -0.1) is 0 Å². The van der Waals surface area contributed by atoms with E-state index in [1.54, 1.807) is 0 Å². The quantitative estimate of drug-likeness (QED) is 0.359. The molecule has 1 heterocycles. The zero-order valence-electron chi connectivity index (χ0n) is 17.5. The summed E-state index contributed by atoms with van der Waals surface area (Å²) in [7, 11) is 0. The summed E-state index contributed by atoms with van der Waals surface area (Å²) in [6.45, 7) is 5.63. The highest BCUT2D eigenvalue weighted by molar-refractivity contribution is 7.98. The van der Waals surface area contributed by atoms with Crippen molar-refractivity contribution in [2.24, 2.45) is 0 Å². The third-order valence-electron chi connectivity index (χ3n) is 4.64. The number of carbonyl (C=O) groups excluding carboxylic acids is 2. The number of benzene rings is 1. The second-order valence-corrected chi connectivity index (χ2v) is 7.61. The third kappa shape index (κ3) is 7.16. The molecule has 0 aliphatic heterocycles. The Morgan fingerprint density at radius 1 is 1.14 bits per heavy atom. The number of hydrogen-bond donors (Lipinski definition) is 1. The zero-order chi connectivity index (χ0) is 21.2. The predicted octanol–water partition coefficient (Wildman–Crippen LogP) is 3.95. The topological polar surface area (TPSA) is 81.2 Å². The second kappa shape index (κ2) is 11.6. The van der Waals surface area contributed by atoms with Crippen molar-refractivity contribution in [1.82, 2.24) is 15.3 Å². The summed E-state index contributed by atoms with van der Waals surface area (Å²) >= 11 is 1.49. The highest BCUT2D eigenvalue weighted by Gasteiger charge is 2.16. The number of rotatable bonds is 10. The maximum atomic E-state index is 12.2. The fraction of sp³-hybridized carbons (Fsp3) is 0.455. The van der Waals surface area contributed by atoms with Crippen LogP contribution in [0.1, 0.15) is 54.7 Å². The number of aryl methyl sites for hydroxylation is 2. The molecule has 1 aromatic heterocycles. The Balaban J connectivity index is 1.83. The number of nitrogens with one attached hydrogen (secondary N) is 1. The van der Waals surface area contributed by atoms with E-state index in [1.807, 2.05) is 50.4 Å². The average Bonchev–Trinajstić information content (AvgIpc) is 2.71. The molecular weight excluding hydrogens is 386 g/mol. The summed E-state index contributed by atoms with van der Waals surface area (Å²) in [4.78, 5) is 33.2. The molecule has 0 fully saturated rings. The van der Waals surface area contributed by atoms with Crippen molar-refractivity contribution < 1.29 is 14.3 Å². The van der Waals surface area contributed by atoms with Crippen molar-refractivity contribution in [3.8, 4) is 0 Å². The lowest BCUT2D eigenvalue weighted by atomic mass is 10.0. The Morgan fingerprint density at radius 2 is 1.79 bits per heavy atom. The third-order valence-corrected chi connectivity index (χ3v) is 5.19. The summed E-state index contributed by atoms with van der Waals surface area (Å²) < 4.78 is 5.17. The normalized spacial score (nSPS) is 11.7. The largest absolute Gasteiger partial charge is 0.456 e. The summed E-state index contributed by atoms with van der Waals surface area (Å²) in [6, 6.07) is 9.74. The molecule has 0 unspecified atom stereocenters. The van der Waals surface area contributed by atoms with E-state index in [2.05, 4.69) is 22.2 Å². The summed E-state index contributed by atoms with van der Waals surface area (Å²) in [6.07, 6.45) is 4.38. The molecule has 2 aromatic rings. The van der Waals surface area contributed by atoms with Crippen LogP contribution in [0.15, 0.2) is 35.5 Å². The van der Waals surface area contributed by atoms with E-state index in [1.165, 1.54) is 11.8 Å². The van der Waals surface area contributed by atoms with E-state index >= 15 is 0 Å². The highest BCUT2D eigenvalue weighted by Crippen LogP contribution is 2.19. The fourth-order valence-corrected chi connectivity index (χ4v) is 3.60. The van der Waals surface area contributed by atoms with Crippen LogP contribution in [0.25, 0.3) is 0 Å². The van der Waals surface area contributed by atoms with Crippen LogP contribution in [0, 0.1) is 13.8 Å². The first-order valence-corrected chi connectivity index (χ1v) is 11.0. The molecule has 2 rings (SSSR count). The molecule has 29 heavy (non-hydrogen) atoms. The molecule has 0 radical (unpaired) electrons. The molecular formula is C22H29N3O3S. The van der Waals surface area contributed by atoms with Crippen molar-refractivity contribution >= 4 is 23.6 Å². The lowest BCUT2D eigenvalue weighted by Crippen LogP contribution is -2.32. The van der Waals surface area contributed by atoms with Gasteiger partial charge in [0.15, 0.2) is 11.8 Å². The minimum Gasteiger partial charge on any atom is -0.456 e. The SMILES string of the molecule is CCC[C@H](NC(=O)COC(=O)CCc1c(C)nc(SC)nc1C)c1ccccc1. The van der Waals surface area contributed by atoms with E-state index in [-0.39, 0.29) is 25.0 Å². The van der Waals surface area contributed by atoms with E-state index in [9.17, 15) is 9.59 Å². The number of aromatic nitrogens is 2. The fourth-order valence-electron chi connectivity index (χ4n) is 3.14. The molecule has 0 bridgehead atoms. The van der Waals surface area contributed by atoms with Crippen molar-refractivity contribution in [1.29, 1.82) is 0 Å². The van der Waals surface area contributed by atoms with Crippen LogP contribution in [-0.4, -0.2) is 34.7 Å². The van der Waals surface area contributed by atoms with Gasteiger partial charge in [0.25, 0.3) is 5.91 Å². The van der Waals surface area contributed by atoms with Gasteiger partial charge >= 0.3 is 5.97 Å². The molecule has 1 atom stereocenters. The van der Waals surface area contributed by atoms with Gasteiger partial charge in [-0.05, 0) is 44.1 Å². The standard InChI is InChI=1S/C22H29N3O3S/c1-5-9-19(17-10-7-6-8-11-17)25-20(26)14-28-21(27)13-12-18-15(2)23-22(29-4)24-16(18)3/h6-8,10-11,19H,5,9,12-14H2,1-4H3,(H,25,26)/t19-/m0/s1. The van der Waals surface area contributed by atoms with Gasteiger partial charge in [0.05, 0.1) is 6.04 Å². The predicted molar refractivity (Wildman–Crippen MR) is 115 cm³/mol. The first-order chi connectivity index (χ1) is 13.9. The first-order valence-electron chi connectivity index (χ1n) is 9.82. The van der Waals surface area contributed by atoms with Gasteiger partial charge in [-0.2, -0.15) is 0 Å². The number of ether oxygens (including phenoxy) is 1. The summed E-state index contributed by atoms with van der Waals surface area (Å²) in [5.41, 5.74) is 3.75. The van der Waals surface area contributed by atoms with E-state index in [4.69, 9.17) is 4.74 Å². The number of hydrogen-bond acceptors (Lipinski definition) is 6. The number of carbonyl (C=O) groups is 2. The molecule has 0 saturated carbocycles. The van der Waals surface area contributed by atoms with Crippen LogP contribution in [0.5, 0.6) is 0 Å². The number of esters is 1. The Morgan fingerprint density at radius 3 is 2.38 bits per heavy atom. The smallest absolute Gasteiger partial charge is 0.306 e. The molecule has 1 amide bonds. The summed E-state index contributed by atoms with van der Waals surface area (Å²) in [5.74, 6) is -0.694. The van der Waals surface area contributed by atoms with Crippen LogP contribution >= 0.6 is 11.8 Å². The number of amides is 1. The molecule has 1 N–H and O–H groups in total. The van der Waals surface area contributed by atoms with Crippen LogP contribution in [0.4, 0.5) is 0 Å². The maximum Gasteiger partial charge on any atom is 0.306 e. The minimum atomic E-state index is -0.403. The molecule has 0 aliphatic carbocycles. The maximum absolute atomic E-state index is 12.2. The van der Waals surface area contributed by atoms with Crippen molar-refractivity contribution in [3.05, 3.63) is 52.8 Å². The molecule has 156 valence electrons. The molecule has 0 aliphatic rings. The lowest BCUT2D eigenvalue weighted by Gasteiger charge is -2.18. The summed E-state index contributed by atoms with van der Waals surface area (Å²) in [5, 5.41) is 3.68. The van der Waals surface area contributed by atoms with E-state index < -0.39 is 5.97 Å². The van der Waals surface area contributed by atoms with Gasteiger partial charge in [0.2, 0.25) is 0 Å². The number of nitrogens with zero attached hydrogens (tertiary/aromatic N) is 2. The molecule has 0 saturated heterocycles. The molecule has 7 heteroatoms. The zero-order valence-corrected chi connectivity index (χ0v) is 18.3. The van der Waals surface area contributed by atoms with E-state index in [0.29, 0.717) is 6.42 Å². The molecule has 0 spiro atoms. The highest BCUT2D eigenvalue weighted by atomic mass is 32.2. The Hall–Kier alpha value is -2.41. The minimum absolute atomic E-state index is 0.0789. The lowest BCUT2D eigenvalue weighted by molar-refractivity contribution is -0.148. The molecule has 1 aromatic carbocycles. The van der Waals surface area contributed by atoms with Crippen LogP contribution in [0.3, 0.4) is 0 Å². The average molecular weight is 416 g/mol. The Bertz CT molecular complexity index is 804. The Kier molecular flexibility index (Phi) is 9.12.